The van der Waals surface area contributed by atoms with E-state index in [9.17, 15) is 4.79 Å². The molecule has 31 heavy (non-hydrogen) atoms. The van der Waals surface area contributed by atoms with E-state index >= 15 is 0 Å². The number of benzene rings is 2. The van der Waals surface area contributed by atoms with Crippen LogP contribution in [0.15, 0.2) is 72.2 Å². The van der Waals surface area contributed by atoms with Gasteiger partial charge in [0.2, 0.25) is 0 Å². The van der Waals surface area contributed by atoms with Gasteiger partial charge in [-0.2, -0.15) is 5.10 Å². The Morgan fingerprint density at radius 3 is 2.55 bits per heavy atom. The zero-order chi connectivity index (χ0) is 21.6. The second kappa shape index (κ2) is 9.57. The number of nitrogens with one attached hydrogen (secondary N) is 2. The number of thiazole rings is 1. The summed E-state index contributed by atoms with van der Waals surface area (Å²) in [4.78, 5) is 17.1. The fraction of sp³-hybridized carbons (Fsp3) is 0.208. The van der Waals surface area contributed by atoms with E-state index in [1.807, 2.05) is 70.7 Å². The Hall–Kier alpha value is -3.45. The molecular weight excluding hydrogens is 406 g/mol. The molecule has 0 radical (unpaired) electrons. The maximum atomic E-state index is 12.9. The molecule has 0 aliphatic rings. The topological polar surface area (TPSA) is 71.8 Å². The van der Waals surface area contributed by atoms with E-state index in [-0.39, 0.29) is 5.91 Å². The van der Waals surface area contributed by atoms with Crippen LogP contribution in [-0.4, -0.2) is 20.7 Å². The molecule has 6 nitrogen and oxygen atoms in total. The summed E-state index contributed by atoms with van der Waals surface area (Å²) in [6, 6.07) is 19.7. The minimum atomic E-state index is -0.214. The Kier molecular flexibility index (Phi) is 6.43. The average Bonchev–Trinajstić information content (AvgIpc) is 3.44. The highest BCUT2D eigenvalue weighted by Gasteiger charge is 2.16. The van der Waals surface area contributed by atoms with Crippen molar-refractivity contribution < 1.29 is 4.79 Å². The van der Waals surface area contributed by atoms with Gasteiger partial charge in [0.25, 0.3) is 5.91 Å². The van der Waals surface area contributed by atoms with Crippen molar-refractivity contribution in [2.75, 3.05) is 10.6 Å². The molecule has 0 unspecified atom stereocenters. The molecule has 4 aromatic rings. The lowest BCUT2D eigenvalue weighted by Gasteiger charge is -2.09. The fourth-order valence-electron chi connectivity index (χ4n) is 3.24. The Balaban J connectivity index is 1.46. The van der Waals surface area contributed by atoms with Crippen LogP contribution in [0.3, 0.4) is 0 Å². The van der Waals surface area contributed by atoms with Crippen molar-refractivity contribution in [3.63, 3.8) is 0 Å². The van der Waals surface area contributed by atoms with Crippen LogP contribution in [0.25, 0.3) is 11.3 Å². The Labute approximate surface area is 186 Å². The first-order chi connectivity index (χ1) is 15.1. The largest absolute Gasteiger partial charge is 0.357 e. The smallest absolute Gasteiger partial charge is 0.276 e. The summed E-state index contributed by atoms with van der Waals surface area (Å²) >= 11 is 1.57. The molecule has 0 saturated carbocycles. The van der Waals surface area contributed by atoms with Crippen molar-refractivity contribution >= 4 is 28.1 Å². The molecule has 1 amide bonds. The normalized spacial score (nSPS) is 10.9. The van der Waals surface area contributed by atoms with E-state index in [2.05, 4.69) is 34.6 Å². The Morgan fingerprint density at radius 2 is 1.87 bits per heavy atom. The van der Waals surface area contributed by atoms with Gasteiger partial charge in [0.05, 0.1) is 5.69 Å². The zero-order valence-corrected chi connectivity index (χ0v) is 18.4. The lowest BCUT2D eigenvalue weighted by atomic mass is 10.1. The van der Waals surface area contributed by atoms with Gasteiger partial charge in [-0.25, -0.2) is 4.98 Å². The summed E-state index contributed by atoms with van der Waals surface area (Å²) in [5, 5.41) is 13.6. The first kappa shape index (κ1) is 20.8. The number of hydrogen-bond acceptors (Lipinski definition) is 5. The molecule has 4 rings (SSSR count). The van der Waals surface area contributed by atoms with Crippen molar-refractivity contribution in [3.05, 3.63) is 83.5 Å². The van der Waals surface area contributed by atoms with Crippen molar-refractivity contribution in [2.45, 2.75) is 26.9 Å². The maximum absolute atomic E-state index is 12.9. The van der Waals surface area contributed by atoms with Crippen LogP contribution < -0.4 is 10.6 Å². The molecule has 7 heteroatoms. The Morgan fingerprint density at radius 1 is 1.10 bits per heavy atom. The summed E-state index contributed by atoms with van der Waals surface area (Å²) < 4.78 is 1.92. The number of aromatic nitrogens is 3. The minimum absolute atomic E-state index is 0.214. The molecular formula is C24H25N5OS. The minimum Gasteiger partial charge on any atom is -0.357 e. The number of carbonyl (C=O) groups is 1. The lowest BCUT2D eigenvalue weighted by Crippen LogP contribution is -2.14. The third kappa shape index (κ3) is 5.38. The highest BCUT2D eigenvalue weighted by Crippen LogP contribution is 2.22. The van der Waals surface area contributed by atoms with E-state index in [1.54, 1.807) is 17.5 Å². The molecule has 0 aliphatic carbocycles. The van der Waals surface area contributed by atoms with Gasteiger partial charge >= 0.3 is 0 Å². The van der Waals surface area contributed by atoms with Crippen molar-refractivity contribution in [3.8, 4) is 11.3 Å². The van der Waals surface area contributed by atoms with E-state index in [4.69, 9.17) is 0 Å². The number of rotatable bonds is 8. The predicted molar refractivity (Wildman–Crippen MR) is 126 cm³/mol. The molecule has 0 atom stereocenters. The van der Waals surface area contributed by atoms with Crippen molar-refractivity contribution in [1.29, 1.82) is 0 Å². The molecule has 2 N–H and O–H groups in total. The highest BCUT2D eigenvalue weighted by atomic mass is 32.1. The van der Waals surface area contributed by atoms with E-state index in [0.29, 0.717) is 18.2 Å². The van der Waals surface area contributed by atoms with Crippen molar-refractivity contribution in [2.24, 2.45) is 5.92 Å². The number of anilines is 2. The van der Waals surface area contributed by atoms with Gasteiger partial charge in [0, 0.05) is 30.4 Å². The number of nitrogens with zero attached hydrogens (tertiary/aromatic N) is 3. The summed E-state index contributed by atoms with van der Waals surface area (Å²) in [5.74, 6) is 0.206. The molecule has 0 spiro atoms. The van der Waals surface area contributed by atoms with Crippen LogP contribution in [0.4, 0.5) is 10.8 Å². The highest BCUT2D eigenvalue weighted by molar-refractivity contribution is 7.13. The van der Waals surface area contributed by atoms with Gasteiger partial charge in [-0.05, 0) is 35.2 Å². The first-order valence-electron chi connectivity index (χ1n) is 10.3. The van der Waals surface area contributed by atoms with Gasteiger partial charge in [-0.15, -0.1) is 11.3 Å². The van der Waals surface area contributed by atoms with Gasteiger partial charge < -0.3 is 10.6 Å². The number of amides is 1. The van der Waals surface area contributed by atoms with Crippen LogP contribution in [-0.2, 0) is 13.1 Å². The third-order valence-electron chi connectivity index (χ3n) is 4.71. The van der Waals surface area contributed by atoms with Gasteiger partial charge in [0.15, 0.2) is 10.8 Å². The van der Waals surface area contributed by atoms with E-state index < -0.39 is 0 Å². The van der Waals surface area contributed by atoms with Crippen LogP contribution >= 0.6 is 11.3 Å². The quantitative estimate of drug-likeness (QED) is 0.385. The summed E-state index contributed by atoms with van der Waals surface area (Å²) in [6.07, 6.45) is 1.78. The molecule has 158 valence electrons. The molecule has 2 aromatic heterocycles. The summed E-state index contributed by atoms with van der Waals surface area (Å²) in [5.41, 5.74) is 4.26. The monoisotopic (exact) mass is 431 g/mol. The molecule has 0 bridgehead atoms. The van der Waals surface area contributed by atoms with Gasteiger partial charge in [-0.1, -0.05) is 56.3 Å². The molecule has 0 fully saturated rings. The molecule has 2 heterocycles. The van der Waals surface area contributed by atoms with Gasteiger partial charge in [-0.3, -0.25) is 9.48 Å². The Bertz CT molecular complexity index is 1120. The standard InChI is InChI=1S/C24H25N5OS/c1-17(2)16-29-22(19-6-4-3-5-7-19)14-21(28-29)23(30)27-20-10-8-18(9-11-20)15-26-24-25-12-13-31-24/h3-14,17H,15-16H2,1-2H3,(H,25,26)(H,27,30). The zero-order valence-electron chi connectivity index (χ0n) is 17.6. The second-order valence-electron chi connectivity index (χ2n) is 7.70. The molecule has 0 aliphatic heterocycles. The maximum Gasteiger partial charge on any atom is 0.276 e. The third-order valence-corrected chi connectivity index (χ3v) is 5.44. The molecule has 2 aromatic carbocycles. The number of hydrogen-bond donors (Lipinski definition) is 2. The number of carbonyl (C=O) groups excluding carboxylic acids is 1. The lowest BCUT2D eigenvalue weighted by molar-refractivity contribution is 0.102. The van der Waals surface area contributed by atoms with Crippen molar-refractivity contribution in [1.82, 2.24) is 14.8 Å². The first-order valence-corrected chi connectivity index (χ1v) is 11.1. The summed E-state index contributed by atoms with van der Waals surface area (Å²) in [6.45, 7) is 5.71. The van der Waals surface area contributed by atoms with Gasteiger partial charge in [0.1, 0.15) is 0 Å². The predicted octanol–water partition coefficient (Wildman–Crippen LogP) is 5.53. The molecule has 0 saturated heterocycles. The van der Waals surface area contributed by atoms with Crippen LogP contribution in [0.5, 0.6) is 0 Å². The van der Waals surface area contributed by atoms with E-state index in [0.717, 1.165) is 34.2 Å². The van der Waals surface area contributed by atoms with Crippen LogP contribution in [0.1, 0.15) is 29.9 Å². The summed E-state index contributed by atoms with van der Waals surface area (Å²) in [7, 11) is 0. The second-order valence-corrected chi connectivity index (χ2v) is 8.59. The van der Waals surface area contributed by atoms with Crippen LogP contribution in [0, 0.1) is 5.92 Å². The van der Waals surface area contributed by atoms with E-state index in [1.165, 1.54) is 0 Å². The SMILES string of the molecule is CC(C)Cn1nc(C(=O)Nc2ccc(CNc3nccs3)cc2)cc1-c1ccccc1. The van der Waals surface area contributed by atoms with Crippen LogP contribution in [0.2, 0.25) is 0 Å². The fourth-order valence-corrected chi connectivity index (χ4v) is 3.77. The average molecular weight is 432 g/mol.